The number of hydrogen-bond donors (Lipinski definition) is 2. The third-order valence-corrected chi connectivity index (χ3v) is 1.44. The molecule has 66 valence electrons. The largest absolute Gasteiger partial charge is 0.318 e. The first kappa shape index (κ1) is 9.23. The summed E-state index contributed by atoms with van der Waals surface area (Å²) >= 11 is 0. The molecule has 2 aromatic rings. The highest BCUT2D eigenvalue weighted by molar-refractivity contribution is 5.77. The SMILES string of the molecule is N#CCN.c1ccc2[nH]ncc2c1. The zero-order chi connectivity index (χ0) is 9.52. The van der Waals surface area contributed by atoms with Gasteiger partial charge in [-0.2, -0.15) is 10.4 Å². The first-order chi connectivity index (χ1) is 6.38. The van der Waals surface area contributed by atoms with Crippen molar-refractivity contribution in [2.24, 2.45) is 5.73 Å². The van der Waals surface area contributed by atoms with E-state index in [9.17, 15) is 0 Å². The summed E-state index contributed by atoms with van der Waals surface area (Å²) in [5.74, 6) is 0. The summed E-state index contributed by atoms with van der Waals surface area (Å²) in [5, 5.41) is 15.4. The molecule has 0 fully saturated rings. The van der Waals surface area contributed by atoms with Crippen LogP contribution < -0.4 is 5.73 Å². The highest BCUT2D eigenvalue weighted by Crippen LogP contribution is 2.06. The molecular weight excluding hydrogens is 164 g/mol. The van der Waals surface area contributed by atoms with Crippen LogP contribution in [0.4, 0.5) is 0 Å². The van der Waals surface area contributed by atoms with Crippen molar-refractivity contribution >= 4 is 10.9 Å². The Morgan fingerprint density at radius 2 is 2.15 bits per heavy atom. The van der Waals surface area contributed by atoms with Gasteiger partial charge in [-0.25, -0.2) is 0 Å². The smallest absolute Gasteiger partial charge is 0.0815 e. The fourth-order valence-corrected chi connectivity index (χ4v) is 0.883. The lowest BCUT2D eigenvalue weighted by Gasteiger charge is -1.81. The second kappa shape index (κ2) is 4.91. The molecule has 1 heterocycles. The molecule has 0 bridgehead atoms. The van der Waals surface area contributed by atoms with E-state index in [0.717, 1.165) is 10.9 Å². The van der Waals surface area contributed by atoms with Gasteiger partial charge in [0.2, 0.25) is 0 Å². The van der Waals surface area contributed by atoms with Crippen LogP contribution in [0.3, 0.4) is 0 Å². The van der Waals surface area contributed by atoms with Gasteiger partial charge >= 0.3 is 0 Å². The van der Waals surface area contributed by atoms with Gasteiger partial charge < -0.3 is 5.73 Å². The Balaban J connectivity index is 0.000000184. The Bertz CT molecular complexity index is 369. The number of nitrogens with zero attached hydrogens (tertiary/aromatic N) is 2. The Hall–Kier alpha value is -1.86. The number of hydrogen-bond acceptors (Lipinski definition) is 3. The van der Waals surface area contributed by atoms with Crippen LogP contribution in [0.5, 0.6) is 0 Å². The molecule has 4 heteroatoms. The predicted octanol–water partition coefficient (Wildman–Crippen LogP) is 1.03. The van der Waals surface area contributed by atoms with Crippen molar-refractivity contribution in [3.05, 3.63) is 30.5 Å². The Kier molecular flexibility index (Phi) is 3.48. The summed E-state index contributed by atoms with van der Waals surface area (Å²) in [4.78, 5) is 0. The van der Waals surface area contributed by atoms with E-state index in [4.69, 9.17) is 5.26 Å². The van der Waals surface area contributed by atoms with E-state index in [1.54, 1.807) is 6.07 Å². The molecule has 0 aliphatic rings. The van der Waals surface area contributed by atoms with Crippen LogP contribution in [-0.4, -0.2) is 16.7 Å². The molecular formula is C9H10N4. The number of rotatable bonds is 0. The van der Waals surface area contributed by atoms with E-state index in [1.165, 1.54) is 0 Å². The average molecular weight is 174 g/mol. The molecule has 0 amide bonds. The minimum Gasteiger partial charge on any atom is -0.318 e. The van der Waals surface area contributed by atoms with Crippen molar-refractivity contribution in [2.45, 2.75) is 0 Å². The lowest BCUT2D eigenvalue weighted by molar-refractivity contribution is 1.12. The van der Waals surface area contributed by atoms with Gasteiger partial charge in [0.1, 0.15) is 0 Å². The summed E-state index contributed by atoms with van der Waals surface area (Å²) in [7, 11) is 0. The third-order valence-electron chi connectivity index (χ3n) is 1.44. The number of nitriles is 1. The van der Waals surface area contributed by atoms with E-state index in [2.05, 4.69) is 15.9 Å². The normalized spacial score (nSPS) is 8.62. The van der Waals surface area contributed by atoms with Crippen LogP contribution in [-0.2, 0) is 0 Å². The molecule has 0 aliphatic heterocycles. The molecule has 13 heavy (non-hydrogen) atoms. The number of para-hydroxylation sites is 1. The van der Waals surface area contributed by atoms with Gasteiger partial charge in [-0.3, -0.25) is 5.10 Å². The van der Waals surface area contributed by atoms with Crippen LogP contribution in [0.25, 0.3) is 10.9 Å². The predicted molar refractivity (Wildman–Crippen MR) is 50.8 cm³/mol. The molecule has 0 saturated heterocycles. The lowest BCUT2D eigenvalue weighted by Crippen LogP contribution is -1.91. The van der Waals surface area contributed by atoms with Gasteiger partial charge in [0.25, 0.3) is 0 Å². The van der Waals surface area contributed by atoms with Crippen molar-refractivity contribution in [3.63, 3.8) is 0 Å². The van der Waals surface area contributed by atoms with Crippen molar-refractivity contribution in [2.75, 3.05) is 6.54 Å². The maximum Gasteiger partial charge on any atom is 0.0815 e. The number of benzene rings is 1. The van der Waals surface area contributed by atoms with Gasteiger partial charge in [-0.15, -0.1) is 0 Å². The monoisotopic (exact) mass is 174 g/mol. The van der Waals surface area contributed by atoms with Gasteiger partial charge in [0, 0.05) is 5.39 Å². The zero-order valence-electron chi connectivity index (χ0n) is 7.07. The number of fused-ring (bicyclic) bond motifs is 1. The quantitative estimate of drug-likeness (QED) is 0.585. The van der Waals surface area contributed by atoms with Crippen molar-refractivity contribution in [1.29, 1.82) is 5.26 Å². The Labute approximate surface area is 76.0 Å². The maximum absolute atomic E-state index is 7.50. The molecule has 1 aromatic heterocycles. The minimum absolute atomic E-state index is 0.125. The zero-order valence-corrected chi connectivity index (χ0v) is 7.07. The highest BCUT2D eigenvalue weighted by Gasteiger charge is 1.88. The molecule has 0 unspecified atom stereocenters. The molecule has 0 saturated carbocycles. The van der Waals surface area contributed by atoms with E-state index in [1.807, 2.05) is 30.5 Å². The topological polar surface area (TPSA) is 78.5 Å². The second-order valence-electron chi connectivity index (χ2n) is 2.32. The highest BCUT2D eigenvalue weighted by atomic mass is 15.1. The first-order valence-electron chi connectivity index (χ1n) is 3.83. The fraction of sp³-hybridized carbons (Fsp3) is 0.111. The summed E-state index contributed by atoms with van der Waals surface area (Å²) in [6.45, 7) is 0.125. The van der Waals surface area contributed by atoms with Crippen molar-refractivity contribution < 1.29 is 0 Å². The molecule has 0 aliphatic carbocycles. The van der Waals surface area contributed by atoms with Crippen LogP contribution in [0.2, 0.25) is 0 Å². The van der Waals surface area contributed by atoms with Crippen molar-refractivity contribution in [3.8, 4) is 6.07 Å². The van der Waals surface area contributed by atoms with Crippen LogP contribution in [0.1, 0.15) is 0 Å². The van der Waals surface area contributed by atoms with Crippen molar-refractivity contribution in [1.82, 2.24) is 10.2 Å². The van der Waals surface area contributed by atoms with E-state index >= 15 is 0 Å². The summed E-state index contributed by atoms with van der Waals surface area (Å²) in [5.41, 5.74) is 5.76. The standard InChI is InChI=1S/C7H6N2.C2H4N2/c1-2-4-7-6(3-1)5-8-9-7;3-1-2-4/h1-5H,(H,8,9);1,3H2. The summed E-state index contributed by atoms with van der Waals surface area (Å²) in [6, 6.07) is 9.72. The van der Waals surface area contributed by atoms with Crippen LogP contribution >= 0.6 is 0 Å². The molecule has 0 radical (unpaired) electrons. The number of aromatic amines is 1. The van der Waals surface area contributed by atoms with Gasteiger partial charge in [0.15, 0.2) is 0 Å². The van der Waals surface area contributed by atoms with Crippen LogP contribution in [0, 0.1) is 11.3 Å². The number of H-pyrrole nitrogens is 1. The molecule has 2 rings (SSSR count). The molecule has 0 atom stereocenters. The van der Waals surface area contributed by atoms with Crippen LogP contribution in [0.15, 0.2) is 30.5 Å². The molecule has 0 spiro atoms. The first-order valence-corrected chi connectivity index (χ1v) is 3.83. The fourth-order valence-electron chi connectivity index (χ4n) is 0.883. The summed E-state index contributed by atoms with van der Waals surface area (Å²) < 4.78 is 0. The van der Waals surface area contributed by atoms with E-state index in [-0.39, 0.29) is 6.54 Å². The lowest BCUT2D eigenvalue weighted by atomic mass is 10.3. The number of aromatic nitrogens is 2. The average Bonchev–Trinajstić information content (AvgIpc) is 2.66. The molecule has 1 aromatic carbocycles. The Morgan fingerprint density at radius 1 is 1.46 bits per heavy atom. The summed E-state index contributed by atoms with van der Waals surface area (Å²) in [6.07, 6.45) is 1.81. The molecule has 3 N–H and O–H groups in total. The van der Waals surface area contributed by atoms with E-state index in [0.29, 0.717) is 0 Å². The molecule has 4 nitrogen and oxygen atoms in total. The van der Waals surface area contributed by atoms with Gasteiger partial charge in [-0.05, 0) is 6.07 Å². The van der Waals surface area contributed by atoms with Gasteiger partial charge in [0.05, 0.1) is 24.3 Å². The third kappa shape index (κ3) is 2.58. The minimum atomic E-state index is 0.125. The van der Waals surface area contributed by atoms with Gasteiger partial charge in [-0.1, -0.05) is 18.2 Å². The Morgan fingerprint density at radius 3 is 2.77 bits per heavy atom. The number of nitrogens with one attached hydrogen (secondary N) is 1. The van der Waals surface area contributed by atoms with E-state index < -0.39 is 0 Å². The second-order valence-corrected chi connectivity index (χ2v) is 2.32. The maximum atomic E-state index is 7.50. The number of nitrogens with two attached hydrogens (primary N) is 1.